The Labute approximate surface area is 200 Å². The average molecular weight is 453 g/mol. The second-order valence-electron chi connectivity index (χ2n) is 8.72. The van der Waals surface area contributed by atoms with Crippen LogP contribution in [0.5, 0.6) is 5.75 Å². The number of benzene rings is 2. The van der Waals surface area contributed by atoms with E-state index in [2.05, 4.69) is 53.5 Å². The van der Waals surface area contributed by atoms with Gasteiger partial charge >= 0.3 is 0 Å². The highest BCUT2D eigenvalue weighted by atomic mass is 16.5. The Hall–Kier alpha value is -3.86. The number of methoxy groups -OCH3 is 2. The fourth-order valence-corrected chi connectivity index (χ4v) is 4.88. The van der Waals surface area contributed by atoms with Gasteiger partial charge in [-0.2, -0.15) is 0 Å². The molecule has 1 aliphatic carbocycles. The van der Waals surface area contributed by atoms with Crippen LogP contribution >= 0.6 is 0 Å². The van der Waals surface area contributed by atoms with Crippen molar-refractivity contribution in [3.05, 3.63) is 102 Å². The molecule has 0 saturated carbocycles. The summed E-state index contributed by atoms with van der Waals surface area (Å²) in [5.74, 6) is 1.88. The molecule has 0 bridgehead atoms. The monoisotopic (exact) mass is 452 g/mol. The van der Waals surface area contributed by atoms with Crippen molar-refractivity contribution in [1.82, 2.24) is 0 Å². The van der Waals surface area contributed by atoms with Gasteiger partial charge in [0.2, 0.25) is 0 Å². The molecule has 172 valence electrons. The van der Waals surface area contributed by atoms with Gasteiger partial charge in [0, 0.05) is 18.0 Å². The molecule has 0 aromatic heterocycles. The van der Waals surface area contributed by atoms with Crippen LogP contribution in [0, 0.1) is 5.92 Å². The van der Waals surface area contributed by atoms with E-state index in [0.717, 1.165) is 39.7 Å². The Kier molecular flexibility index (Phi) is 5.93. The van der Waals surface area contributed by atoms with E-state index in [1.165, 1.54) is 0 Å². The zero-order valence-electron chi connectivity index (χ0n) is 19.6. The molecule has 5 nitrogen and oxygen atoms in total. The van der Waals surface area contributed by atoms with Gasteiger partial charge in [-0.25, -0.2) is 0 Å². The predicted molar refractivity (Wildman–Crippen MR) is 136 cm³/mol. The first-order valence-corrected chi connectivity index (χ1v) is 11.5. The second-order valence-corrected chi connectivity index (χ2v) is 8.72. The van der Waals surface area contributed by atoms with E-state index in [0.29, 0.717) is 6.42 Å². The highest BCUT2D eigenvalue weighted by Crippen LogP contribution is 2.40. The quantitative estimate of drug-likeness (QED) is 0.591. The second kappa shape index (κ2) is 9.18. The van der Waals surface area contributed by atoms with Crippen LogP contribution in [0.3, 0.4) is 0 Å². The number of carbonyl (C=O) groups excluding carboxylic acids is 1. The molecule has 5 heteroatoms. The van der Waals surface area contributed by atoms with Gasteiger partial charge < -0.3 is 14.4 Å². The molecule has 2 aliphatic heterocycles. The molecule has 0 saturated heterocycles. The molecule has 3 atom stereocenters. The summed E-state index contributed by atoms with van der Waals surface area (Å²) in [7, 11) is 3.35. The summed E-state index contributed by atoms with van der Waals surface area (Å²) in [5.41, 5.74) is 5.11. The highest BCUT2D eigenvalue weighted by molar-refractivity contribution is 6.18. The maximum Gasteiger partial charge on any atom is 0.132 e. The van der Waals surface area contributed by atoms with Crippen molar-refractivity contribution in [1.29, 1.82) is 0 Å². The summed E-state index contributed by atoms with van der Waals surface area (Å²) in [6, 6.07) is 18.1. The standard InChI is InChI=1S/C29H28N2O3/c1-19(32)15-29-25-17-21-16-24(34-3)13-14-26(21)30-27(25)18-28(20-9-11-23(33-2)12-10-20)31(29)22-7-5-4-6-8-22/h4-14,16-18,21,26,29H,15H2,1-3H3. The van der Waals surface area contributed by atoms with Crippen molar-refractivity contribution in [2.45, 2.75) is 25.4 Å². The first-order chi connectivity index (χ1) is 16.6. The van der Waals surface area contributed by atoms with Gasteiger partial charge in [0.1, 0.15) is 17.3 Å². The summed E-state index contributed by atoms with van der Waals surface area (Å²) in [4.78, 5) is 19.9. The third-order valence-electron chi connectivity index (χ3n) is 6.50. The number of fused-ring (bicyclic) bond motifs is 2. The lowest BCUT2D eigenvalue weighted by atomic mass is 9.81. The Morgan fingerprint density at radius 2 is 1.76 bits per heavy atom. The predicted octanol–water partition coefficient (Wildman–Crippen LogP) is 5.37. The number of para-hydroxylation sites is 1. The molecule has 0 N–H and O–H groups in total. The minimum Gasteiger partial charge on any atom is -0.497 e. The average Bonchev–Trinajstić information content (AvgIpc) is 2.87. The van der Waals surface area contributed by atoms with Gasteiger partial charge in [-0.05, 0) is 72.7 Å². The summed E-state index contributed by atoms with van der Waals surface area (Å²) < 4.78 is 10.8. The fourth-order valence-electron chi connectivity index (χ4n) is 4.88. The Morgan fingerprint density at radius 1 is 1.00 bits per heavy atom. The summed E-state index contributed by atoms with van der Waals surface area (Å²) in [6.07, 6.45) is 11.0. The number of rotatable bonds is 6. The van der Waals surface area contributed by atoms with Gasteiger partial charge in [-0.1, -0.05) is 30.4 Å². The normalized spacial score (nSPS) is 23.0. The van der Waals surface area contributed by atoms with E-state index in [9.17, 15) is 4.79 Å². The first-order valence-electron chi connectivity index (χ1n) is 11.5. The largest absolute Gasteiger partial charge is 0.497 e. The van der Waals surface area contributed by atoms with Crippen molar-refractivity contribution in [3.63, 3.8) is 0 Å². The molecule has 0 radical (unpaired) electrons. The van der Waals surface area contributed by atoms with E-state index in [4.69, 9.17) is 14.5 Å². The highest BCUT2D eigenvalue weighted by Gasteiger charge is 2.37. The van der Waals surface area contributed by atoms with Gasteiger partial charge in [0.15, 0.2) is 0 Å². The molecular formula is C29H28N2O3. The van der Waals surface area contributed by atoms with Crippen LogP contribution in [0.1, 0.15) is 18.9 Å². The molecule has 3 unspecified atom stereocenters. The van der Waals surface area contributed by atoms with Crippen LogP contribution in [-0.2, 0) is 9.53 Å². The van der Waals surface area contributed by atoms with Crippen LogP contribution < -0.4 is 9.64 Å². The number of aliphatic imine (C=N–C) groups is 1. The molecular weight excluding hydrogens is 424 g/mol. The number of hydrogen-bond acceptors (Lipinski definition) is 5. The number of nitrogens with zero attached hydrogens (tertiary/aromatic N) is 2. The maximum atomic E-state index is 12.5. The molecule has 0 fully saturated rings. The lowest BCUT2D eigenvalue weighted by Crippen LogP contribution is -2.44. The van der Waals surface area contributed by atoms with Crippen molar-refractivity contribution in [3.8, 4) is 5.75 Å². The van der Waals surface area contributed by atoms with E-state index in [1.807, 2.05) is 36.4 Å². The van der Waals surface area contributed by atoms with Crippen LogP contribution in [0.25, 0.3) is 5.70 Å². The van der Waals surface area contributed by atoms with Crippen molar-refractivity contribution in [2.24, 2.45) is 10.9 Å². The van der Waals surface area contributed by atoms with E-state index in [-0.39, 0.29) is 23.8 Å². The number of Topliss-reactive ketones (excluding diaryl/α,β-unsaturated/α-hetero) is 1. The number of anilines is 1. The van der Waals surface area contributed by atoms with Crippen LogP contribution in [-0.4, -0.2) is 37.8 Å². The summed E-state index contributed by atoms with van der Waals surface area (Å²) in [6.45, 7) is 1.66. The van der Waals surface area contributed by atoms with Crippen molar-refractivity contribution < 1.29 is 14.3 Å². The van der Waals surface area contributed by atoms with Crippen molar-refractivity contribution in [2.75, 3.05) is 19.1 Å². The van der Waals surface area contributed by atoms with Crippen LogP contribution in [0.15, 0.2) is 101 Å². The third-order valence-corrected chi connectivity index (χ3v) is 6.50. The minimum atomic E-state index is -0.160. The lowest BCUT2D eigenvalue weighted by molar-refractivity contribution is -0.117. The SMILES string of the molecule is COC1=CC2C=C3C(=NC2C=C1)C=C(c1ccc(OC)cc1)N(c1ccccc1)C3CC(C)=O. The number of ether oxygens (including phenoxy) is 2. The minimum absolute atomic E-state index is 0.0206. The third kappa shape index (κ3) is 4.10. The summed E-state index contributed by atoms with van der Waals surface area (Å²) in [5, 5.41) is 0. The summed E-state index contributed by atoms with van der Waals surface area (Å²) >= 11 is 0. The number of dihydropyridines is 1. The lowest BCUT2D eigenvalue weighted by Gasteiger charge is -2.42. The maximum absolute atomic E-state index is 12.5. The Bertz CT molecular complexity index is 1240. The zero-order chi connectivity index (χ0) is 23.7. The Balaban J connectivity index is 1.69. The first kappa shape index (κ1) is 22.0. The van der Waals surface area contributed by atoms with E-state index in [1.54, 1.807) is 21.1 Å². The van der Waals surface area contributed by atoms with Gasteiger partial charge in [-0.3, -0.25) is 9.79 Å². The molecule has 5 rings (SSSR count). The van der Waals surface area contributed by atoms with Gasteiger partial charge in [-0.15, -0.1) is 0 Å². The van der Waals surface area contributed by atoms with Crippen LogP contribution in [0.4, 0.5) is 5.69 Å². The molecule has 34 heavy (non-hydrogen) atoms. The number of ketones is 1. The van der Waals surface area contributed by atoms with Gasteiger partial charge in [0.05, 0.1) is 37.7 Å². The molecule has 2 aromatic carbocycles. The fraction of sp³-hybridized carbons (Fsp3) is 0.241. The molecule has 0 spiro atoms. The number of hydrogen-bond donors (Lipinski definition) is 0. The van der Waals surface area contributed by atoms with Crippen molar-refractivity contribution >= 4 is 22.9 Å². The topological polar surface area (TPSA) is 51.1 Å². The van der Waals surface area contributed by atoms with E-state index < -0.39 is 0 Å². The molecule has 2 aromatic rings. The molecule has 0 amide bonds. The zero-order valence-corrected chi connectivity index (χ0v) is 19.6. The number of carbonyl (C=O) groups is 1. The molecule has 3 aliphatic rings. The Morgan fingerprint density at radius 3 is 2.44 bits per heavy atom. The molecule has 2 heterocycles. The van der Waals surface area contributed by atoms with E-state index >= 15 is 0 Å². The number of allylic oxidation sites excluding steroid dienone is 2. The smallest absolute Gasteiger partial charge is 0.132 e. The van der Waals surface area contributed by atoms with Crippen LogP contribution in [0.2, 0.25) is 0 Å². The van der Waals surface area contributed by atoms with Gasteiger partial charge in [0.25, 0.3) is 0 Å².